The molecule has 206 valence electrons. The van der Waals surface area contributed by atoms with Crippen LogP contribution in [0.1, 0.15) is 60.8 Å². The second-order valence-electron chi connectivity index (χ2n) is 10.5. The maximum absolute atomic E-state index is 13.4. The van der Waals surface area contributed by atoms with Gasteiger partial charge in [-0.2, -0.15) is 0 Å². The van der Waals surface area contributed by atoms with Gasteiger partial charge in [-0.05, 0) is 41.9 Å². The molecule has 8 heteroatoms. The molecule has 38 heavy (non-hydrogen) atoms. The van der Waals surface area contributed by atoms with E-state index in [9.17, 15) is 19.8 Å². The summed E-state index contributed by atoms with van der Waals surface area (Å²) >= 11 is 0. The lowest BCUT2D eigenvalue weighted by Gasteiger charge is -2.32. The number of ether oxygens (including phenoxy) is 1. The van der Waals surface area contributed by atoms with Gasteiger partial charge in [0.05, 0.1) is 25.4 Å². The van der Waals surface area contributed by atoms with Gasteiger partial charge in [-0.25, -0.2) is 4.79 Å². The Bertz CT molecular complexity index is 1030. The second kappa shape index (κ2) is 13.7. The van der Waals surface area contributed by atoms with Gasteiger partial charge in [0, 0.05) is 39.2 Å². The molecule has 1 aliphatic heterocycles. The number of carbonyl (C=O) groups is 2. The van der Waals surface area contributed by atoms with Gasteiger partial charge >= 0.3 is 6.03 Å². The van der Waals surface area contributed by atoms with Crippen LogP contribution in [0, 0.1) is 5.92 Å². The van der Waals surface area contributed by atoms with Crippen molar-refractivity contribution in [3.05, 3.63) is 71.3 Å². The fourth-order valence-corrected chi connectivity index (χ4v) is 5.69. The Morgan fingerprint density at radius 2 is 1.82 bits per heavy atom. The number of rotatable bonds is 10. The average molecular weight is 524 g/mol. The summed E-state index contributed by atoms with van der Waals surface area (Å²) in [6, 6.07) is 17.4. The fraction of sp³-hybridized carbons (Fsp3) is 0.533. The standard InChI is InChI=1S/C30H41N3O5/c1-38-18-17-33(30(37)32-16-15-25(35)20-32)19-22-11-13-23(14-12-22)26-9-5-6-10-27(26)29(36)31-28(21-34)24-7-3-2-4-8-24/h2-4,7-8,11-14,25-28,34-35H,5-6,9-10,15-21H2,1H3,(H,31,36). The lowest BCUT2D eigenvalue weighted by atomic mass is 9.74. The highest BCUT2D eigenvalue weighted by molar-refractivity contribution is 5.80. The summed E-state index contributed by atoms with van der Waals surface area (Å²) in [6.07, 6.45) is 4.03. The van der Waals surface area contributed by atoms with Crippen LogP contribution in [-0.2, 0) is 16.1 Å². The maximum Gasteiger partial charge on any atom is 0.320 e. The number of carbonyl (C=O) groups excluding carboxylic acids is 2. The topological polar surface area (TPSA) is 102 Å². The summed E-state index contributed by atoms with van der Waals surface area (Å²) in [7, 11) is 1.62. The van der Waals surface area contributed by atoms with Gasteiger partial charge in [-0.3, -0.25) is 4.79 Å². The predicted octanol–water partition coefficient (Wildman–Crippen LogP) is 3.45. The number of amides is 3. The Hall–Kier alpha value is -2.94. The molecule has 1 saturated carbocycles. The van der Waals surface area contributed by atoms with Crippen molar-refractivity contribution >= 4 is 11.9 Å². The van der Waals surface area contributed by atoms with Crippen molar-refractivity contribution in [2.75, 3.05) is 40.0 Å². The van der Waals surface area contributed by atoms with Crippen LogP contribution in [0.15, 0.2) is 54.6 Å². The summed E-state index contributed by atoms with van der Waals surface area (Å²) in [6.45, 7) is 2.16. The Balaban J connectivity index is 1.43. The first-order valence-corrected chi connectivity index (χ1v) is 13.8. The summed E-state index contributed by atoms with van der Waals surface area (Å²) < 4.78 is 5.22. The van der Waals surface area contributed by atoms with Crippen molar-refractivity contribution in [2.24, 2.45) is 5.92 Å². The SMILES string of the molecule is COCCN(Cc1ccc(C2CCCCC2C(=O)NC(CO)c2ccccc2)cc1)C(=O)N1CCC(O)C1. The van der Waals surface area contributed by atoms with Crippen molar-refractivity contribution in [1.82, 2.24) is 15.1 Å². The Kier molecular flexibility index (Phi) is 10.1. The highest BCUT2D eigenvalue weighted by atomic mass is 16.5. The van der Waals surface area contributed by atoms with Gasteiger partial charge in [-0.15, -0.1) is 0 Å². The van der Waals surface area contributed by atoms with Gasteiger partial charge in [0.1, 0.15) is 0 Å². The van der Waals surface area contributed by atoms with Crippen molar-refractivity contribution < 1.29 is 24.5 Å². The largest absolute Gasteiger partial charge is 0.394 e. The van der Waals surface area contributed by atoms with Gasteiger partial charge in [0.2, 0.25) is 5.91 Å². The summed E-state index contributed by atoms with van der Waals surface area (Å²) in [4.78, 5) is 29.9. The minimum Gasteiger partial charge on any atom is -0.394 e. The molecule has 4 atom stereocenters. The zero-order valence-electron chi connectivity index (χ0n) is 22.3. The van der Waals surface area contributed by atoms with Crippen molar-refractivity contribution in [1.29, 1.82) is 0 Å². The monoisotopic (exact) mass is 523 g/mol. The number of methoxy groups -OCH3 is 1. The van der Waals surface area contributed by atoms with Crippen LogP contribution in [-0.4, -0.2) is 78.0 Å². The van der Waals surface area contributed by atoms with E-state index in [-0.39, 0.29) is 30.4 Å². The molecule has 0 bridgehead atoms. The molecule has 2 aromatic carbocycles. The number of benzene rings is 2. The van der Waals surface area contributed by atoms with E-state index in [0.717, 1.165) is 42.4 Å². The quantitative estimate of drug-likeness (QED) is 0.443. The lowest BCUT2D eigenvalue weighted by molar-refractivity contribution is -0.127. The molecule has 1 saturated heterocycles. The normalized spacial score (nSPS) is 22.2. The van der Waals surface area contributed by atoms with E-state index >= 15 is 0 Å². The number of β-amino-alcohol motifs (C(OH)–C–C–N with tert-alkyl or cyclic N) is 1. The molecule has 2 aliphatic rings. The lowest BCUT2D eigenvalue weighted by Crippen LogP contribution is -2.43. The van der Waals surface area contributed by atoms with E-state index in [2.05, 4.69) is 17.4 Å². The van der Waals surface area contributed by atoms with Gasteiger partial charge in [0.15, 0.2) is 0 Å². The van der Waals surface area contributed by atoms with E-state index in [0.29, 0.717) is 39.2 Å². The summed E-state index contributed by atoms with van der Waals surface area (Å²) in [5, 5.41) is 22.9. The molecule has 4 rings (SSSR count). The number of likely N-dealkylation sites (tertiary alicyclic amines) is 1. The fourth-order valence-electron chi connectivity index (χ4n) is 5.69. The van der Waals surface area contributed by atoms with Crippen molar-refractivity contribution in [3.63, 3.8) is 0 Å². The van der Waals surface area contributed by atoms with Crippen molar-refractivity contribution in [2.45, 2.75) is 56.7 Å². The molecule has 3 N–H and O–H groups in total. The third-order valence-corrected chi connectivity index (χ3v) is 7.85. The molecule has 4 unspecified atom stereocenters. The summed E-state index contributed by atoms with van der Waals surface area (Å²) in [5.41, 5.74) is 3.04. The first kappa shape index (κ1) is 28.1. The van der Waals surface area contributed by atoms with E-state index in [4.69, 9.17) is 4.74 Å². The first-order valence-electron chi connectivity index (χ1n) is 13.8. The number of hydrogen-bond acceptors (Lipinski definition) is 5. The highest BCUT2D eigenvalue weighted by Gasteiger charge is 2.33. The van der Waals surface area contributed by atoms with Crippen LogP contribution in [0.3, 0.4) is 0 Å². The van der Waals surface area contributed by atoms with Gasteiger partial charge in [-0.1, -0.05) is 67.4 Å². The van der Waals surface area contributed by atoms with Crippen LogP contribution in [0.4, 0.5) is 4.79 Å². The molecular formula is C30H41N3O5. The number of hydrogen-bond donors (Lipinski definition) is 3. The van der Waals surface area contributed by atoms with E-state index < -0.39 is 12.1 Å². The molecule has 0 aromatic heterocycles. The zero-order valence-corrected chi connectivity index (χ0v) is 22.3. The molecule has 1 heterocycles. The molecular weight excluding hydrogens is 482 g/mol. The van der Waals surface area contributed by atoms with E-state index in [1.54, 1.807) is 16.9 Å². The minimum absolute atomic E-state index is 0.00850. The summed E-state index contributed by atoms with van der Waals surface area (Å²) in [5.74, 6) is -0.0372. The number of aliphatic hydroxyl groups excluding tert-OH is 2. The van der Waals surface area contributed by atoms with Crippen LogP contribution in [0.25, 0.3) is 0 Å². The maximum atomic E-state index is 13.4. The molecule has 1 aliphatic carbocycles. The first-order chi connectivity index (χ1) is 18.5. The third-order valence-electron chi connectivity index (χ3n) is 7.85. The third kappa shape index (κ3) is 7.12. The number of nitrogens with zero attached hydrogens (tertiary/aromatic N) is 2. The number of nitrogens with one attached hydrogen (secondary N) is 1. The number of urea groups is 1. The molecule has 2 fully saturated rings. The Morgan fingerprint density at radius 1 is 1.08 bits per heavy atom. The molecule has 0 radical (unpaired) electrons. The molecule has 2 aromatic rings. The van der Waals surface area contributed by atoms with E-state index in [1.165, 1.54) is 0 Å². The zero-order chi connectivity index (χ0) is 26.9. The molecule has 3 amide bonds. The van der Waals surface area contributed by atoms with Crippen LogP contribution >= 0.6 is 0 Å². The molecule has 0 spiro atoms. The Labute approximate surface area is 225 Å². The smallest absolute Gasteiger partial charge is 0.320 e. The van der Waals surface area contributed by atoms with Crippen molar-refractivity contribution in [3.8, 4) is 0 Å². The highest BCUT2D eigenvalue weighted by Crippen LogP contribution is 2.38. The van der Waals surface area contributed by atoms with Gasteiger partial charge < -0.3 is 30.1 Å². The van der Waals surface area contributed by atoms with E-state index in [1.807, 2.05) is 42.5 Å². The molecule has 8 nitrogen and oxygen atoms in total. The second-order valence-corrected chi connectivity index (χ2v) is 10.5. The van der Waals surface area contributed by atoms with Crippen LogP contribution in [0.5, 0.6) is 0 Å². The van der Waals surface area contributed by atoms with Gasteiger partial charge in [0.25, 0.3) is 0 Å². The van der Waals surface area contributed by atoms with Crippen LogP contribution in [0.2, 0.25) is 0 Å². The Morgan fingerprint density at radius 3 is 2.47 bits per heavy atom. The number of aliphatic hydroxyl groups is 2. The minimum atomic E-state index is -0.455. The average Bonchev–Trinajstić information content (AvgIpc) is 3.40. The predicted molar refractivity (Wildman–Crippen MR) is 145 cm³/mol. The van der Waals surface area contributed by atoms with Crippen LogP contribution < -0.4 is 5.32 Å².